The lowest BCUT2D eigenvalue weighted by molar-refractivity contribution is -0.385. The van der Waals surface area contributed by atoms with Gasteiger partial charge in [-0.15, -0.1) is 0 Å². The summed E-state index contributed by atoms with van der Waals surface area (Å²) in [4.78, 5) is 43.4. The molecule has 3 aromatic rings. The number of carbonyl (C=O) groups excluding carboxylic acids is 2. The van der Waals surface area contributed by atoms with Crippen molar-refractivity contribution in [2.24, 2.45) is 7.05 Å². The second-order valence-electron chi connectivity index (χ2n) is 8.64. The minimum atomic E-state index is -1.82. The van der Waals surface area contributed by atoms with E-state index < -0.39 is 22.3 Å². The van der Waals surface area contributed by atoms with Gasteiger partial charge in [0.2, 0.25) is 0 Å². The Morgan fingerprint density at radius 2 is 2.09 bits per heavy atom. The maximum Gasteiger partial charge on any atom is 0.278 e. The zero-order valence-corrected chi connectivity index (χ0v) is 18.3. The van der Waals surface area contributed by atoms with Crippen LogP contribution in [0.3, 0.4) is 0 Å². The molecule has 2 amide bonds. The molecule has 0 bridgehead atoms. The molecular formula is C23H23N5O5. The average Bonchev–Trinajstić information content (AvgIpc) is 3.15. The van der Waals surface area contributed by atoms with E-state index in [4.69, 9.17) is 9.72 Å². The summed E-state index contributed by atoms with van der Waals surface area (Å²) in [5.74, 6) is -0.0551. The number of rotatable bonds is 3. The summed E-state index contributed by atoms with van der Waals surface area (Å²) in [6, 6.07) is 11.8. The van der Waals surface area contributed by atoms with E-state index in [0.717, 1.165) is 29.7 Å². The number of ether oxygens (including phenoxy) is 1. The van der Waals surface area contributed by atoms with Crippen molar-refractivity contribution in [1.82, 2.24) is 14.5 Å². The van der Waals surface area contributed by atoms with Crippen molar-refractivity contribution in [2.45, 2.75) is 31.3 Å². The second kappa shape index (κ2) is 7.58. The van der Waals surface area contributed by atoms with E-state index in [1.54, 1.807) is 4.90 Å². The van der Waals surface area contributed by atoms with E-state index in [2.05, 4.69) is 9.88 Å². The van der Waals surface area contributed by atoms with Crippen LogP contribution in [0.5, 0.6) is 5.75 Å². The molecule has 10 heteroatoms. The number of para-hydroxylation sites is 2. The van der Waals surface area contributed by atoms with Gasteiger partial charge in [0.15, 0.2) is 5.75 Å². The number of imidazole rings is 1. The number of aryl methyl sites for hydroxylation is 1. The van der Waals surface area contributed by atoms with Gasteiger partial charge in [-0.25, -0.2) is 4.98 Å². The Kier molecular flexibility index (Phi) is 4.80. The number of nitrogens with zero attached hydrogens (tertiary/aromatic N) is 4. The summed E-state index contributed by atoms with van der Waals surface area (Å²) < 4.78 is 7.87. The minimum Gasteiger partial charge on any atom is -0.465 e. The quantitative estimate of drug-likeness (QED) is 0.373. The number of hydrogen-bond donors (Lipinski definition) is 1. The van der Waals surface area contributed by atoms with Gasteiger partial charge in [0.1, 0.15) is 5.82 Å². The fraction of sp³-hybridized carbons (Fsp3) is 0.348. The fourth-order valence-electron chi connectivity index (χ4n) is 4.66. The molecule has 2 aliphatic rings. The maximum atomic E-state index is 13.5. The molecule has 2 aromatic carbocycles. The van der Waals surface area contributed by atoms with Crippen molar-refractivity contribution in [3.05, 3.63) is 58.4 Å². The van der Waals surface area contributed by atoms with Crippen LogP contribution >= 0.6 is 0 Å². The van der Waals surface area contributed by atoms with Crippen LogP contribution in [0.15, 0.2) is 42.5 Å². The topological polar surface area (TPSA) is 120 Å². The van der Waals surface area contributed by atoms with E-state index >= 15 is 0 Å². The summed E-state index contributed by atoms with van der Waals surface area (Å²) in [5, 5.41) is 13.8. The number of benzene rings is 2. The second-order valence-corrected chi connectivity index (χ2v) is 8.64. The van der Waals surface area contributed by atoms with Gasteiger partial charge >= 0.3 is 0 Å². The lowest BCUT2D eigenvalue weighted by atomic mass is 9.94. The molecule has 170 valence electrons. The number of piperidine rings is 1. The van der Waals surface area contributed by atoms with Crippen LogP contribution in [0.25, 0.3) is 11.0 Å². The van der Waals surface area contributed by atoms with Crippen LogP contribution in [-0.2, 0) is 16.6 Å². The number of fused-ring (bicyclic) bond motifs is 2. The highest BCUT2D eigenvalue weighted by Gasteiger charge is 2.50. The molecule has 1 saturated heterocycles. The standard InChI is InChI=1S/C23H23N5O5/c1-23(21(29)25-17-10-9-15(28(31)32)12-19(17)33-23)22(30)27-11-5-6-14(13-27)20-24-16-7-3-4-8-18(16)26(20)2/h3-4,7-10,12,14H,5-6,11,13H2,1-2H3,(H,25,29). The van der Waals surface area contributed by atoms with Crippen molar-refractivity contribution in [2.75, 3.05) is 18.4 Å². The highest BCUT2D eigenvalue weighted by molar-refractivity contribution is 6.15. The first kappa shape index (κ1) is 20.9. The number of aromatic nitrogens is 2. The first-order chi connectivity index (χ1) is 15.8. The van der Waals surface area contributed by atoms with Crippen molar-refractivity contribution in [3.8, 4) is 5.75 Å². The minimum absolute atomic E-state index is 0.0173. The third kappa shape index (κ3) is 3.38. The largest absolute Gasteiger partial charge is 0.465 e. The average molecular weight is 449 g/mol. The third-order valence-corrected chi connectivity index (χ3v) is 6.48. The highest BCUT2D eigenvalue weighted by atomic mass is 16.6. The first-order valence-corrected chi connectivity index (χ1v) is 10.8. The number of nitro benzene ring substituents is 1. The molecule has 1 N–H and O–H groups in total. The van der Waals surface area contributed by atoms with Gasteiger partial charge in [0, 0.05) is 32.1 Å². The zero-order valence-electron chi connectivity index (χ0n) is 18.3. The number of hydrogen-bond acceptors (Lipinski definition) is 6. The van der Waals surface area contributed by atoms with Crippen LogP contribution in [0.4, 0.5) is 11.4 Å². The molecule has 10 nitrogen and oxygen atoms in total. The lowest BCUT2D eigenvalue weighted by Crippen LogP contribution is -2.60. The Hall–Kier alpha value is -3.95. The van der Waals surface area contributed by atoms with Crippen LogP contribution < -0.4 is 10.1 Å². The molecule has 0 spiro atoms. The number of carbonyl (C=O) groups is 2. The SMILES string of the molecule is Cn1c(C2CCCN(C(=O)C3(C)Oc4cc([N+](=O)[O-])ccc4NC3=O)C2)nc2ccccc21. The number of nitro groups is 1. The molecule has 0 radical (unpaired) electrons. The van der Waals surface area contributed by atoms with Crippen LogP contribution in [0.2, 0.25) is 0 Å². The molecule has 2 aliphatic heterocycles. The van der Waals surface area contributed by atoms with Crippen LogP contribution in [0.1, 0.15) is 31.5 Å². The number of anilines is 1. The van der Waals surface area contributed by atoms with Crippen molar-refractivity contribution >= 4 is 34.2 Å². The number of amides is 2. The van der Waals surface area contributed by atoms with E-state index in [1.807, 2.05) is 31.3 Å². The Labute approximate surface area is 189 Å². The lowest BCUT2D eigenvalue weighted by Gasteiger charge is -2.39. The molecular weight excluding hydrogens is 426 g/mol. The molecule has 3 heterocycles. The molecule has 1 fully saturated rings. The monoisotopic (exact) mass is 449 g/mol. The summed E-state index contributed by atoms with van der Waals surface area (Å²) in [6.07, 6.45) is 1.64. The maximum absolute atomic E-state index is 13.5. The van der Waals surface area contributed by atoms with E-state index in [9.17, 15) is 19.7 Å². The molecule has 0 aliphatic carbocycles. The number of likely N-dealkylation sites (tertiary alicyclic amines) is 1. The predicted molar refractivity (Wildman–Crippen MR) is 120 cm³/mol. The van der Waals surface area contributed by atoms with Gasteiger partial charge in [-0.3, -0.25) is 19.7 Å². The molecule has 33 heavy (non-hydrogen) atoms. The Morgan fingerprint density at radius 1 is 1.30 bits per heavy atom. The first-order valence-electron chi connectivity index (χ1n) is 10.8. The number of non-ortho nitro benzene ring substituents is 1. The van der Waals surface area contributed by atoms with Crippen LogP contribution in [0, 0.1) is 10.1 Å². The van der Waals surface area contributed by atoms with Crippen molar-refractivity contribution in [3.63, 3.8) is 0 Å². The third-order valence-electron chi connectivity index (χ3n) is 6.48. The van der Waals surface area contributed by atoms with E-state index in [1.165, 1.54) is 25.1 Å². The highest BCUT2D eigenvalue weighted by Crippen LogP contribution is 2.38. The van der Waals surface area contributed by atoms with Gasteiger partial charge < -0.3 is 19.5 Å². The molecule has 1 aromatic heterocycles. The Morgan fingerprint density at radius 3 is 2.85 bits per heavy atom. The van der Waals surface area contributed by atoms with Gasteiger partial charge in [-0.1, -0.05) is 12.1 Å². The van der Waals surface area contributed by atoms with Gasteiger partial charge in [-0.2, -0.15) is 0 Å². The normalized spacial score (nSPS) is 22.4. The number of nitrogens with one attached hydrogen (secondary N) is 1. The zero-order chi connectivity index (χ0) is 23.3. The van der Waals surface area contributed by atoms with Gasteiger partial charge in [0.25, 0.3) is 23.1 Å². The predicted octanol–water partition coefficient (Wildman–Crippen LogP) is 2.98. The van der Waals surface area contributed by atoms with E-state index in [-0.39, 0.29) is 17.4 Å². The smallest absolute Gasteiger partial charge is 0.278 e. The summed E-state index contributed by atoms with van der Waals surface area (Å²) in [7, 11) is 1.97. The van der Waals surface area contributed by atoms with Crippen molar-refractivity contribution in [1.29, 1.82) is 0 Å². The molecule has 2 atom stereocenters. The van der Waals surface area contributed by atoms with E-state index in [0.29, 0.717) is 18.8 Å². The molecule has 5 rings (SSSR count). The van der Waals surface area contributed by atoms with Crippen LogP contribution in [-0.4, -0.2) is 49.9 Å². The summed E-state index contributed by atoms with van der Waals surface area (Å²) in [6.45, 7) is 2.31. The molecule has 0 saturated carbocycles. The van der Waals surface area contributed by atoms with Crippen molar-refractivity contribution < 1.29 is 19.2 Å². The van der Waals surface area contributed by atoms with Gasteiger partial charge in [0.05, 0.1) is 27.7 Å². The Bertz CT molecular complexity index is 1300. The summed E-state index contributed by atoms with van der Waals surface area (Å²) >= 11 is 0. The summed E-state index contributed by atoms with van der Waals surface area (Å²) in [5.41, 5.74) is 0.220. The Balaban J connectivity index is 1.41. The van der Waals surface area contributed by atoms with Gasteiger partial charge in [-0.05, 0) is 38.0 Å². The molecule has 2 unspecified atom stereocenters. The fourth-order valence-corrected chi connectivity index (χ4v) is 4.66.